The van der Waals surface area contributed by atoms with Gasteiger partial charge in [-0.15, -0.1) is 0 Å². The zero-order valence-corrected chi connectivity index (χ0v) is 73.0. The molecule has 0 fully saturated rings. The summed E-state index contributed by atoms with van der Waals surface area (Å²) in [6.45, 7) is 9.75. The third kappa shape index (κ3) is 80.7. The Balaban J connectivity index is 5.25. The summed E-state index contributed by atoms with van der Waals surface area (Å²) in [6, 6.07) is 0. The molecule has 3 unspecified atom stereocenters. The first-order valence-corrected chi connectivity index (χ1v) is 49.0. The lowest BCUT2D eigenvalue weighted by Gasteiger charge is -2.21. The van der Waals surface area contributed by atoms with Gasteiger partial charge in [-0.3, -0.25) is 37.3 Å². The standard InChI is InChI=1S/C89H174O17P2/c1-7-10-12-14-16-18-20-22-24-28-33-37-41-47-53-59-65-71-86(91)99-77-84(105-88(93)74-68-62-56-49-43-39-35-31-27-26-30-32-36-40-46-52-58-64-70-82(6)9-3)79-103-107(95,96)101-75-83(90)76-102-108(97,98)104-80-85(78-100-87(92)72-66-60-54-50-44-45-51-57-63-69-81(4)5)106-89(94)73-67-61-55-48-42-38-34-29-25-23-21-19-17-15-13-11-8-2/h81-85,90H,7-80H2,1-6H3,(H,95,96)(H,97,98)/t82?,83-,84-,85-/m1/s1. The lowest BCUT2D eigenvalue weighted by Crippen LogP contribution is -2.30. The predicted octanol–water partition coefficient (Wildman–Crippen LogP) is 27.4. The van der Waals surface area contributed by atoms with E-state index >= 15 is 0 Å². The summed E-state index contributed by atoms with van der Waals surface area (Å²) in [5, 5.41) is 10.7. The molecule has 6 atom stereocenters. The Hall–Kier alpha value is -1.94. The van der Waals surface area contributed by atoms with Crippen molar-refractivity contribution in [3.8, 4) is 0 Å². The van der Waals surface area contributed by atoms with Crippen molar-refractivity contribution in [1.82, 2.24) is 0 Å². The number of ether oxygens (including phenoxy) is 4. The van der Waals surface area contributed by atoms with Crippen LogP contribution in [0.1, 0.15) is 478 Å². The van der Waals surface area contributed by atoms with Gasteiger partial charge in [0.15, 0.2) is 12.2 Å². The lowest BCUT2D eigenvalue weighted by atomic mass is 9.99. The topological polar surface area (TPSA) is 237 Å². The first-order chi connectivity index (χ1) is 52.4. The minimum atomic E-state index is -4.97. The highest BCUT2D eigenvalue weighted by molar-refractivity contribution is 7.47. The second kappa shape index (κ2) is 80.3. The number of phosphoric acid groups is 2. The van der Waals surface area contributed by atoms with Crippen LogP contribution in [-0.4, -0.2) is 96.7 Å². The third-order valence-electron chi connectivity index (χ3n) is 21.3. The lowest BCUT2D eigenvalue weighted by molar-refractivity contribution is -0.161. The molecule has 0 saturated carbocycles. The molecule has 17 nitrogen and oxygen atoms in total. The van der Waals surface area contributed by atoms with Gasteiger partial charge in [0.05, 0.1) is 26.4 Å². The second-order valence-corrected chi connectivity index (χ2v) is 35.6. The fraction of sp³-hybridized carbons (Fsp3) is 0.955. The van der Waals surface area contributed by atoms with Gasteiger partial charge < -0.3 is 33.8 Å². The molecular formula is C89H174O17P2. The van der Waals surface area contributed by atoms with Crippen molar-refractivity contribution in [2.75, 3.05) is 39.6 Å². The Labute approximate surface area is 664 Å². The number of unbranched alkanes of at least 4 members (excludes halogenated alkanes) is 57. The Kier molecular flexibility index (Phi) is 78.8. The normalized spacial score (nSPS) is 14.0. The Morgan fingerprint density at radius 3 is 0.704 bits per heavy atom. The molecule has 0 saturated heterocycles. The molecule has 0 rings (SSSR count). The summed E-state index contributed by atoms with van der Waals surface area (Å²) >= 11 is 0. The van der Waals surface area contributed by atoms with Gasteiger partial charge in [0.2, 0.25) is 0 Å². The maximum absolute atomic E-state index is 13.2. The van der Waals surface area contributed by atoms with Crippen molar-refractivity contribution in [3.05, 3.63) is 0 Å². The van der Waals surface area contributed by atoms with E-state index in [4.69, 9.17) is 37.0 Å². The van der Waals surface area contributed by atoms with Crippen molar-refractivity contribution in [2.24, 2.45) is 11.8 Å². The molecular weight excluding hydrogens is 1400 g/mol. The molecule has 0 aliphatic heterocycles. The molecule has 19 heteroatoms. The van der Waals surface area contributed by atoms with E-state index in [1.54, 1.807) is 0 Å². The predicted molar refractivity (Wildman–Crippen MR) is 446 cm³/mol. The Morgan fingerprint density at radius 1 is 0.269 bits per heavy atom. The molecule has 0 bridgehead atoms. The Morgan fingerprint density at radius 2 is 0.472 bits per heavy atom. The number of esters is 4. The first-order valence-electron chi connectivity index (χ1n) is 46.0. The minimum Gasteiger partial charge on any atom is -0.462 e. The van der Waals surface area contributed by atoms with E-state index in [2.05, 4.69) is 41.5 Å². The number of aliphatic hydroxyl groups is 1. The van der Waals surface area contributed by atoms with Crippen LogP contribution in [0.4, 0.5) is 0 Å². The average molecular weight is 1580 g/mol. The van der Waals surface area contributed by atoms with Gasteiger partial charge >= 0.3 is 39.5 Å². The maximum Gasteiger partial charge on any atom is 0.472 e. The summed E-state index contributed by atoms with van der Waals surface area (Å²) in [4.78, 5) is 73.4. The zero-order valence-electron chi connectivity index (χ0n) is 71.2. The van der Waals surface area contributed by atoms with Crippen LogP contribution in [0.3, 0.4) is 0 Å². The number of hydrogen-bond acceptors (Lipinski definition) is 15. The van der Waals surface area contributed by atoms with E-state index < -0.39 is 97.5 Å². The molecule has 0 aromatic carbocycles. The van der Waals surface area contributed by atoms with Crippen LogP contribution in [0.25, 0.3) is 0 Å². The number of rotatable bonds is 88. The van der Waals surface area contributed by atoms with Crippen LogP contribution in [0.2, 0.25) is 0 Å². The molecule has 0 amide bonds. The summed E-state index contributed by atoms with van der Waals surface area (Å²) in [5.74, 6) is -0.482. The number of carbonyl (C=O) groups excluding carboxylic acids is 4. The minimum absolute atomic E-state index is 0.108. The van der Waals surface area contributed by atoms with Gasteiger partial charge in [0.25, 0.3) is 0 Å². The molecule has 3 N–H and O–H groups in total. The highest BCUT2D eigenvalue weighted by Crippen LogP contribution is 2.45. The monoisotopic (exact) mass is 1580 g/mol. The zero-order chi connectivity index (χ0) is 79.2. The van der Waals surface area contributed by atoms with Crippen LogP contribution in [0, 0.1) is 11.8 Å². The van der Waals surface area contributed by atoms with E-state index in [1.807, 2.05) is 0 Å². The summed E-state index contributed by atoms with van der Waals surface area (Å²) in [5.41, 5.74) is 0. The summed E-state index contributed by atoms with van der Waals surface area (Å²) < 4.78 is 69.0. The molecule has 0 spiro atoms. The van der Waals surface area contributed by atoms with E-state index in [9.17, 15) is 43.2 Å². The van der Waals surface area contributed by atoms with Crippen LogP contribution in [-0.2, 0) is 65.4 Å². The molecule has 108 heavy (non-hydrogen) atoms. The highest BCUT2D eigenvalue weighted by Gasteiger charge is 2.31. The van der Waals surface area contributed by atoms with E-state index in [-0.39, 0.29) is 25.7 Å². The highest BCUT2D eigenvalue weighted by atomic mass is 31.2. The molecule has 0 aromatic heterocycles. The van der Waals surface area contributed by atoms with Crippen LogP contribution in [0.15, 0.2) is 0 Å². The quantitative estimate of drug-likeness (QED) is 0.0222. The van der Waals surface area contributed by atoms with Crippen LogP contribution < -0.4 is 0 Å². The van der Waals surface area contributed by atoms with E-state index in [0.29, 0.717) is 25.7 Å². The SMILES string of the molecule is CCCCCCCCCCCCCCCCCCCC(=O)OC[C@H](COP(=O)(O)OC[C@@H](O)COP(=O)(O)OC[C@@H](COC(=O)CCCCCCCCCCCC(C)C)OC(=O)CCCCCCCCCCCCCCCCCCC)OC(=O)CCCCCCCCCCCCCCCCCCCCC(C)CC. The van der Waals surface area contributed by atoms with Gasteiger partial charge in [-0.25, -0.2) is 9.13 Å². The largest absolute Gasteiger partial charge is 0.472 e. The van der Waals surface area contributed by atoms with Gasteiger partial charge in [0.1, 0.15) is 19.3 Å². The third-order valence-corrected chi connectivity index (χ3v) is 23.2. The summed E-state index contributed by atoms with van der Waals surface area (Å²) in [7, 11) is -9.93. The Bertz CT molecular complexity index is 2070. The smallest absolute Gasteiger partial charge is 0.462 e. The van der Waals surface area contributed by atoms with Gasteiger partial charge in [-0.1, -0.05) is 427 Å². The fourth-order valence-electron chi connectivity index (χ4n) is 13.9. The van der Waals surface area contributed by atoms with Crippen LogP contribution in [0.5, 0.6) is 0 Å². The average Bonchev–Trinajstić information content (AvgIpc) is 0.898. The van der Waals surface area contributed by atoms with Crippen molar-refractivity contribution in [1.29, 1.82) is 0 Å². The maximum atomic E-state index is 13.2. The molecule has 0 aromatic rings. The van der Waals surface area contributed by atoms with Gasteiger partial charge in [-0.05, 0) is 37.5 Å². The van der Waals surface area contributed by atoms with Crippen molar-refractivity contribution in [3.63, 3.8) is 0 Å². The van der Waals surface area contributed by atoms with E-state index in [1.165, 1.54) is 295 Å². The first kappa shape index (κ1) is 106. The molecule has 0 aliphatic carbocycles. The molecule has 642 valence electrons. The fourth-order valence-corrected chi connectivity index (χ4v) is 15.5. The van der Waals surface area contributed by atoms with Crippen molar-refractivity contribution < 1.29 is 80.2 Å². The molecule has 0 aliphatic rings. The molecule has 0 radical (unpaired) electrons. The number of aliphatic hydroxyl groups excluding tert-OH is 1. The van der Waals surface area contributed by atoms with Gasteiger partial charge in [0, 0.05) is 25.7 Å². The van der Waals surface area contributed by atoms with Crippen molar-refractivity contribution in [2.45, 2.75) is 496 Å². The van der Waals surface area contributed by atoms with Gasteiger partial charge in [-0.2, -0.15) is 0 Å². The van der Waals surface area contributed by atoms with Crippen molar-refractivity contribution >= 4 is 39.5 Å². The number of carbonyl (C=O) groups is 4. The van der Waals surface area contributed by atoms with E-state index in [0.717, 1.165) is 102 Å². The number of hydrogen-bond donors (Lipinski definition) is 3. The number of phosphoric ester groups is 2. The summed E-state index contributed by atoms with van der Waals surface area (Å²) in [6.07, 6.45) is 73.5. The molecule has 0 heterocycles. The second-order valence-electron chi connectivity index (χ2n) is 32.7. The van der Waals surface area contributed by atoms with Crippen LogP contribution >= 0.6 is 15.6 Å².